The standard InChI is InChI=1S/C16H16ClN3/c1-16(18,11-6-4-3-5-7-11)15-19-13-9-8-12(17)10-14(13)20(15)2/h3-10H,18H2,1-2H3. The topological polar surface area (TPSA) is 43.8 Å². The largest absolute Gasteiger partial charge is 0.329 e. The molecule has 0 radical (unpaired) electrons. The summed E-state index contributed by atoms with van der Waals surface area (Å²) in [5.41, 5.74) is 8.81. The molecule has 4 heteroatoms. The molecule has 0 spiro atoms. The number of fused-ring (bicyclic) bond motifs is 1. The molecule has 0 bridgehead atoms. The van der Waals surface area contributed by atoms with Crippen molar-refractivity contribution in [1.29, 1.82) is 0 Å². The Balaban J connectivity index is 2.22. The number of nitrogens with zero attached hydrogens (tertiary/aromatic N) is 2. The van der Waals surface area contributed by atoms with E-state index in [9.17, 15) is 0 Å². The van der Waals surface area contributed by atoms with Crippen molar-refractivity contribution in [2.75, 3.05) is 0 Å². The van der Waals surface area contributed by atoms with Crippen LogP contribution in [-0.2, 0) is 12.6 Å². The van der Waals surface area contributed by atoms with Crippen LogP contribution >= 0.6 is 11.6 Å². The summed E-state index contributed by atoms with van der Waals surface area (Å²) in [5, 5.41) is 0.700. The summed E-state index contributed by atoms with van der Waals surface area (Å²) in [6, 6.07) is 15.7. The first kappa shape index (κ1) is 13.2. The third-order valence-electron chi connectivity index (χ3n) is 3.68. The summed E-state index contributed by atoms with van der Waals surface area (Å²) in [4.78, 5) is 4.68. The predicted octanol–water partition coefficient (Wildman–Crippen LogP) is 3.45. The third-order valence-corrected chi connectivity index (χ3v) is 3.92. The van der Waals surface area contributed by atoms with Crippen LogP contribution in [0.15, 0.2) is 48.5 Å². The van der Waals surface area contributed by atoms with Gasteiger partial charge in [0.25, 0.3) is 0 Å². The van der Waals surface area contributed by atoms with Crippen molar-refractivity contribution in [3.05, 3.63) is 64.9 Å². The Labute approximate surface area is 123 Å². The molecule has 0 saturated carbocycles. The molecule has 3 rings (SSSR count). The molecule has 0 saturated heterocycles. The van der Waals surface area contributed by atoms with Gasteiger partial charge in [0.1, 0.15) is 5.82 Å². The van der Waals surface area contributed by atoms with Gasteiger partial charge in [-0.25, -0.2) is 4.98 Å². The third kappa shape index (κ3) is 1.99. The summed E-state index contributed by atoms with van der Waals surface area (Å²) >= 11 is 6.06. The minimum absolute atomic E-state index is 0.651. The number of halogens is 1. The monoisotopic (exact) mass is 285 g/mol. The fourth-order valence-electron chi connectivity index (χ4n) is 2.54. The van der Waals surface area contributed by atoms with Crippen LogP contribution < -0.4 is 5.73 Å². The van der Waals surface area contributed by atoms with Crippen LogP contribution in [0.2, 0.25) is 5.02 Å². The lowest BCUT2D eigenvalue weighted by Gasteiger charge is -2.24. The highest BCUT2D eigenvalue weighted by atomic mass is 35.5. The van der Waals surface area contributed by atoms with Gasteiger partial charge in [0.2, 0.25) is 0 Å². The van der Waals surface area contributed by atoms with Gasteiger partial charge in [0, 0.05) is 12.1 Å². The molecule has 2 N–H and O–H groups in total. The number of hydrogen-bond acceptors (Lipinski definition) is 2. The van der Waals surface area contributed by atoms with Crippen LogP contribution in [0.1, 0.15) is 18.3 Å². The second-order valence-corrected chi connectivity index (χ2v) is 5.63. The lowest BCUT2D eigenvalue weighted by atomic mass is 9.92. The first-order valence-electron chi connectivity index (χ1n) is 6.47. The second-order valence-electron chi connectivity index (χ2n) is 5.20. The van der Waals surface area contributed by atoms with Gasteiger partial charge in [-0.15, -0.1) is 0 Å². The number of imidazole rings is 1. The van der Waals surface area contributed by atoms with E-state index < -0.39 is 5.54 Å². The minimum Gasteiger partial charge on any atom is -0.329 e. The Morgan fingerprint density at radius 2 is 1.85 bits per heavy atom. The first-order valence-corrected chi connectivity index (χ1v) is 6.85. The highest BCUT2D eigenvalue weighted by molar-refractivity contribution is 6.31. The Hall–Kier alpha value is -1.84. The van der Waals surface area contributed by atoms with Gasteiger partial charge in [-0.05, 0) is 30.7 Å². The molecule has 0 aliphatic rings. The van der Waals surface area contributed by atoms with E-state index in [2.05, 4.69) is 4.98 Å². The molecule has 1 atom stereocenters. The quantitative estimate of drug-likeness (QED) is 0.784. The Kier molecular flexibility index (Phi) is 3.04. The number of rotatable bonds is 2. The Morgan fingerprint density at radius 1 is 1.15 bits per heavy atom. The SMILES string of the molecule is Cn1c(C(C)(N)c2ccccc2)nc2ccc(Cl)cc21. The van der Waals surface area contributed by atoms with Crippen LogP contribution in [0.3, 0.4) is 0 Å². The maximum atomic E-state index is 6.55. The van der Waals surface area contributed by atoms with Gasteiger partial charge in [-0.2, -0.15) is 0 Å². The van der Waals surface area contributed by atoms with E-state index in [4.69, 9.17) is 17.3 Å². The molecule has 0 aliphatic heterocycles. The summed E-state index contributed by atoms with van der Waals surface area (Å²) in [5.74, 6) is 0.820. The van der Waals surface area contributed by atoms with Gasteiger partial charge in [0.15, 0.2) is 0 Å². The smallest absolute Gasteiger partial charge is 0.134 e. The van der Waals surface area contributed by atoms with E-state index in [1.807, 2.05) is 67.1 Å². The first-order chi connectivity index (χ1) is 9.50. The van der Waals surface area contributed by atoms with Gasteiger partial charge in [-0.1, -0.05) is 41.9 Å². The second kappa shape index (κ2) is 4.62. The predicted molar refractivity (Wildman–Crippen MR) is 82.8 cm³/mol. The van der Waals surface area contributed by atoms with Crippen molar-refractivity contribution in [1.82, 2.24) is 9.55 Å². The maximum Gasteiger partial charge on any atom is 0.134 e. The molecule has 0 fully saturated rings. The average molecular weight is 286 g/mol. The van der Waals surface area contributed by atoms with E-state index in [0.717, 1.165) is 22.4 Å². The fraction of sp³-hybridized carbons (Fsp3) is 0.188. The van der Waals surface area contributed by atoms with E-state index in [1.54, 1.807) is 0 Å². The molecular formula is C16H16ClN3. The van der Waals surface area contributed by atoms with E-state index in [1.165, 1.54) is 0 Å². The van der Waals surface area contributed by atoms with Crippen LogP contribution in [0.4, 0.5) is 0 Å². The molecule has 0 aliphatic carbocycles. The lowest BCUT2D eigenvalue weighted by molar-refractivity contribution is 0.538. The highest BCUT2D eigenvalue weighted by Crippen LogP contribution is 2.29. The molecule has 102 valence electrons. The zero-order valence-corrected chi connectivity index (χ0v) is 12.2. The normalized spacial score (nSPS) is 14.4. The highest BCUT2D eigenvalue weighted by Gasteiger charge is 2.29. The van der Waals surface area contributed by atoms with Crippen molar-refractivity contribution in [2.24, 2.45) is 12.8 Å². The van der Waals surface area contributed by atoms with Crippen molar-refractivity contribution in [2.45, 2.75) is 12.5 Å². The molecular weight excluding hydrogens is 270 g/mol. The van der Waals surface area contributed by atoms with Crippen molar-refractivity contribution in [3.8, 4) is 0 Å². The Bertz CT molecular complexity index is 760. The average Bonchev–Trinajstić information content (AvgIpc) is 2.78. The summed E-state index contributed by atoms with van der Waals surface area (Å²) in [7, 11) is 1.97. The van der Waals surface area contributed by atoms with Crippen LogP contribution in [-0.4, -0.2) is 9.55 Å². The van der Waals surface area contributed by atoms with Crippen molar-refractivity contribution < 1.29 is 0 Å². The van der Waals surface area contributed by atoms with E-state index in [-0.39, 0.29) is 0 Å². The molecule has 1 aromatic heterocycles. The molecule has 2 aromatic carbocycles. The minimum atomic E-state index is -0.651. The zero-order chi connectivity index (χ0) is 14.3. The summed E-state index contributed by atoms with van der Waals surface area (Å²) in [6.07, 6.45) is 0. The molecule has 0 amide bonds. The molecule has 1 unspecified atom stereocenters. The summed E-state index contributed by atoms with van der Waals surface area (Å²) in [6.45, 7) is 1.98. The van der Waals surface area contributed by atoms with Gasteiger partial charge in [0.05, 0.1) is 16.6 Å². The Morgan fingerprint density at radius 3 is 2.55 bits per heavy atom. The van der Waals surface area contributed by atoms with E-state index in [0.29, 0.717) is 5.02 Å². The number of nitrogens with two attached hydrogens (primary N) is 1. The van der Waals surface area contributed by atoms with E-state index >= 15 is 0 Å². The fourth-order valence-corrected chi connectivity index (χ4v) is 2.71. The van der Waals surface area contributed by atoms with Gasteiger partial charge < -0.3 is 10.3 Å². The zero-order valence-electron chi connectivity index (χ0n) is 11.5. The molecule has 3 nitrogen and oxygen atoms in total. The molecule has 3 aromatic rings. The van der Waals surface area contributed by atoms with Crippen LogP contribution in [0.25, 0.3) is 11.0 Å². The maximum absolute atomic E-state index is 6.55. The van der Waals surface area contributed by atoms with Crippen LogP contribution in [0, 0.1) is 0 Å². The van der Waals surface area contributed by atoms with Crippen molar-refractivity contribution in [3.63, 3.8) is 0 Å². The van der Waals surface area contributed by atoms with Crippen LogP contribution in [0.5, 0.6) is 0 Å². The number of hydrogen-bond donors (Lipinski definition) is 1. The number of aryl methyl sites for hydroxylation is 1. The number of aromatic nitrogens is 2. The van der Waals surface area contributed by atoms with Gasteiger partial charge in [-0.3, -0.25) is 0 Å². The number of benzene rings is 2. The summed E-state index contributed by atoms with van der Waals surface area (Å²) < 4.78 is 2.01. The molecule has 20 heavy (non-hydrogen) atoms. The lowest BCUT2D eigenvalue weighted by Crippen LogP contribution is -2.37. The molecule has 1 heterocycles. The van der Waals surface area contributed by atoms with Crippen molar-refractivity contribution >= 4 is 22.6 Å². The van der Waals surface area contributed by atoms with Gasteiger partial charge >= 0.3 is 0 Å².